The number of nitrogens with two attached hydrogens (primary N) is 1. The van der Waals surface area contributed by atoms with Gasteiger partial charge in [-0.05, 0) is 45.4 Å². The normalized spacial score (nSPS) is 21.3. The van der Waals surface area contributed by atoms with E-state index >= 15 is 0 Å². The van der Waals surface area contributed by atoms with E-state index in [0.717, 1.165) is 19.6 Å². The topological polar surface area (TPSA) is 71.2 Å². The number of rotatable bonds is 4. The van der Waals surface area contributed by atoms with E-state index in [1.54, 1.807) is 4.90 Å². The third-order valence-corrected chi connectivity index (χ3v) is 4.57. The van der Waals surface area contributed by atoms with Gasteiger partial charge in [0.2, 0.25) is 0 Å². The van der Waals surface area contributed by atoms with Crippen molar-refractivity contribution in [3.05, 3.63) is 0 Å². The Morgan fingerprint density at radius 1 is 1.17 bits per heavy atom. The number of aliphatic imine (C=N–C) groups is 1. The highest BCUT2D eigenvalue weighted by Gasteiger charge is 2.41. The number of carbonyl (C=O) groups excluding carboxylic acids is 1. The Bertz CT molecular complexity index is 444. The van der Waals surface area contributed by atoms with Crippen molar-refractivity contribution < 1.29 is 9.53 Å². The van der Waals surface area contributed by atoms with E-state index < -0.39 is 5.60 Å². The van der Waals surface area contributed by atoms with Gasteiger partial charge >= 0.3 is 6.09 Å². The molecule has 2 aliphatic rings. The van der Waals surface area contributed by atoms with Gasteiger partial charge in [0.05, 0.1) is 0 Å². The van der Waals surface area contributed by atoms with E-state index in [2.05, 4.69) is 16.8 Å². The number of piperazine rings is 1. The number of ether oxygens (including phenoxy) is 1. The van der Waals surface area contributed by atoms with Gasteiger partial charge in [0.25, 0.3) is 0 Å². The van der Waals surface area contributed by atoms with E-state index in [0.29, 0.717) is 24.5 Å². The average molecular weight is 324 g/mol. The van der Waals surface area contributed by atoms with Crippen molar-refractivity contribution in [3.8, 4) is 0 Å². The Labute approximate surface area is 140 Å². The van der Waals surface area contributed by atoms with Crippen LogP contribution in [0.25, 0.3) is 0 Å². The summed E-state index contributed by atoms with van der Waals surface area (Å²) in [6.07, 6.45) is 4.78. The summed E-state index contributed by atoms with van der Waals surface area (Å²) in [4.78, 5) is 20.5. The van der Waals surface area contributed by atoms with Gasteiger partial charge in [-0.3, -0.25) is 4.99 Å². The lowest BCUT2D eigenvalue weighted by atomic mass is 10.0. The molecule has 6 nitrogen and oxygen atoms in total. The fourth-order valence-electron chi connectivity index (χ4n) is 2.99. The number of carbonyl (C=O) groups is 1. The summed E-state index contributed by atoms with van der Waals surface area (Å²) in [7, 11) is 0. The molecule has 0 aromatic carbocycles. The first-order valence-corrected chi connectivity index (χ1v) is 8.77. The molecule has 132 valence electrons. The second kappa shape index (κ2) is 6.97. The van der Waals surface area contributed by atoms with Crippen LogP contribution in [0.2, 0.25) is 0 Å². The number of nitrogens with zero attached hydrogens (tertiary/aromatic N) is 3. The molecule has 23 heavy (non-hydrogen) atoms. The lowest BCUT2D eigenvalue weighted by molar-refractivity contribution is 0.0186. The molecule has 0 bridgehead atoms. The van der Waals surface area contributed by atoms with Crippen LogP contribution in [0.3, 0.4) is 0 Å². The maximum Gasteiger partial charge on any atom is 0.410 e. The van der Waals surface area contributed by atoms with Crippen molar-refractivity contribution in [3.63, 3.8) is 0 Å². The van der Waals surface area contributed by atoms with Gasteiger partial charge in [-0.15, -0.1) is 0 Å². The zero-order valence-corrected chi connectivity index (χ0v) is 15.1. The quantitative estimate of drug-likeness (QED) is 0.637. The summed E-state index contributed by atoms with van der Waals surface area (Å²) in [5.74, 6) is 0.621. The molecule has 1 saturated heterocycles. The zero-order chi connectivity index (χ0) is 17.1. The van der Waals surface area contributed by atoms with E-state index in [-0.39, 0.29) is 6.09 Å². The maximum atomic E-state index is 12.1. The molecule has 1 heterocycles. The first-order valence-electron chi connectivity index (χ1n) is 8.77. The number of hydrogen-bond donors (Lipinski definition) is 1. The number of guanidine groups is 1. The molecule has 6 heteroatoms. The summed E-state index contributed by atoms with van der Waals surface area (Å²) in [5.41, 5.74) is 6.12. The van der Waals surface area contributed by atoms with Gasteiger partial charge in [-0.1, -0.05) is 13.3 Å². The van der Waals surface area contributed by atoms with Crippen LogP contribution in [0.4, 0.5) is 4.79 Å². The van der Waals surface area contributed by atoms with Gasteiger partial charge in [0, 0.05) is 32.7 Å². The van der Waals surface area contributed by atoms with Crippen LogP contribution in [0.1, 0.15) is 53.4 Å². The second-order valence-corrected chi connectivity index (χ2v) is 7.88. The molecule has 2 fully saturated rings. The van der Waals surface area contributed by atoms with Crippen molar-refractivity contribution in [1.29, 1.82) is 0 Å². The Morgan fingerprint density at radius 2 is 1.74 bits per heavy atom. The SMILES string of the molecule is CCCC1(CN=C(N)N2CCN(C(=O)OC(C)(C)C)CC2)CC1. The molecular weight excluding hydrogens is 292 g/mol. The van der Waals surface area contributed by atoms with Crippen molar-refractivity contribution in [2.45, 2.75) is 59.0 Å². The van der Waals surface area contributed by atoms with Crippen LogP contribution in [0.5, 0.6) is 0 Å². The van der Waals surface area contributed by atoms with Crippen molar-refractivity contribution in [2.24, 2.45) is 16.1 Å². The molecule has 1 amide bonds. The molecule has 2 N–H and O–H groups in total. The maximum absolute atomic E-state index is 12.1. The molecule has 1 saturated carbocycles. The molecule has 1 aliphatic heterocycles. The third kappa shape index (κ3) is 5.29. The molecule has 0 atom stereocenters. The Hall–Kier alpha value is -1.46. The van der Waals surface area contributed by atoms with Crippen LogP contribution in [0, 0.1) is 5.41 Å². The second-order valence-electron chi connectivity index (χ2n) is 7.88. The summed E-state index contributed by atoms with van der Waals surface area (Å²) in [6.45, 7) is 11.4. The predicted octanol–water partition coefficient (Wildman–Crippen LogP) is 2.43. The minimum absolute atomic E-state index is 0.243. The van der Waals surface area contributed by atoms with Crippen LogP contribution < -0.4 is 5.73 Å². The van der Waals surface area contributed by atoms with Crippen LogP contribution in [0.15, 0.2) is 4.99 Å². The molecule has 0 spiro atoms. The lowest BCUT2D eigenvalue weighted by Crippen LogP contribution is -2.53. The van der Waals surface area contributed by atoms with Crippen LogP contribution in [-0.4, -0.2) is 60.2 Å². The van der Waals surface area contributed by atoms with Crippen molar-refractivity contribution in [2.75, 3.05) is 32.7 Å². The lowest BCUT2D eigenvalue weighted by Gasteiger charge is -2.36. The van der Waals surface area contributed by atoms with E-state index in [1.165, 1.54) is 25.7 Å². The van der Waals surface area contributed by atoms with E-state index in [9.17, 15) is 4.79 Å². The summed E-state index contributed by atoms with van der Waals surface area (Å²) in [6, 6.07) is 0. The van der Waals surface area contributed by atoms with Crippen molar-refractivity contribution >= 4 is 12.1 Å². The first-order chi connectivity index (χ1) is 10.7. The molecule has 0 radical (unpaired) electrons. The molecule has 0 aromatic heterocycles. The standard InChI is InChI=1S/C17H32N4O2/c1-5-6-17(7-8-17)13-19-14(18)20-9-11-21(12-10-20)15(22)23-16(2,3)4/h5-13H2,1-4H3,(H2,18,19). The molecule has 2 rings (SSSR count). The Balaban J connectivity index is 1.78. The van der Waals surface area contributed by atoms with Crippen LogP contribution >= 0.6 is 0 Å². The summed E-state index contributed by atoms with van der Waals surface area (Å²) < 4.78 is 5.41. The van der Waals surface area contributed by atoms with Gasteiger partial charge in [-0.25, -0.2) is 4.79 Å². The monoisotopic (exact) mass is 324 g/mol. The minimum atomic E-state index is -0.452. The Kier molecular flexibility index (Phi) is 5.42. The van der Waals surface area contributed by atoms with Crippen molar-refractivity contribution in [1.82, 2.24) is 9.80 Å². The largest absolute Gasteiger partial charge is 0.444 e. The minimum Gasteiger partial charge on any atom is -0.444 e. The number of hydrogen-bond acceptors (Lipinski definition) is 3. The van der Waals surface area contributed by atoms with Gasteiger partial charge in [0.15, 0.2) is 5.96 Å². The molecule has 1 aliphatic carbocycles. The van der Waals surface area contributed by atoms with E-state index in [1.807, 2.05) is 20.8 Å². The fourth-order valence-corrected chi connectivity index (χ4v) is 2.99. The van der Waals surface area contributed by atoms with Gasteiger partial charge in [0.1, 0.15) is 5.60 Å². The first kappa shape index (κ1) is 17.9. The molecule has 0 unspecified atom stereocenters. The van der Waals surface area contributed by atoms with Gasteiger partial charge in [-0.2, -0.15) is 0 Å². The summed E-state index contributed by atoms with van der Waals surface area (Å²) >= 11 is 0. The highest BCUT2D eigenvalue weighted by molar-refractivity contribution is 5.78. The fraction of sp³-hybridized carbons (Fsp3) is 0.882. The molecular formula is C17H32N4O2. The average Bonchev–Trinajstić information content (AvgIpc) is 3.24. The Morgan fingerprint density at radius 3 is 2.22 bits per heavy atom. The highest BCUT2D eigenvalue weighted by Crippen LogP contribution is 2.49. The third-order valence-electron chi connectivity index (χ3n) is 4.57. The van der Waals surface area contributed by atoms with E-state index in [4.69, 9.17) is 10.5 Å². The zero-order valence-electron chi connectivity index (χ0n) is 15.1. The smallest absolute Gasteiger partial charge is 0.410 e. The van der Waals surface area contributed by atoms with Gasteiger partial charge < -0.3 is 20.3 Å². The highest BCUT2D eigenvalue weighted by atomic mass is 16.6. The predicted molar refractivity (Wildman–Crippen MR) is 92.4 cm³/mol. The summed E-state index contributed by atoms with van der Waals surface area (Å²) in [5, 5.41) is 0. The van der Waals surface area contributed by atoms with Crippen LogP contribution in [-0.2, 0) is 4.74 Å². The molecule has 0 aromatic rings. The number of amides is 1.